The zero-order valence-electron chi connectivity index (χ0n) is 19.1. The van der Waals surface area contributed by atoms with Crippen LogP contribution in [-0.2, 0) is 0 Å². The zero-order valence-corrected chi connectivity index (χ0v) is 20.2. The molecule has 1 atom stereocenters. The predicted octanol–water partition coefficient (Wildman–Crippen LogP) is 6.23. The van der Waals surface area contributed by atoms with E-state index < -0.39 is 8.80 Å². The van der Waals surface area contributed by atoms with Crippen LogP contribution in [0.5, 0.6) is 0 Å². The number of allylic oxidation sites excluding steroid dienone is 4. The lowest BCUT2D eigenvalue weighted by molar-refractivity contribution is 0.901. The molecule has 0 spiro atoms. The van der Waals surface area contributed by atoms with Crippen LogP contribution in [0.1, 0.15) is 44.4 Å². The van der Waals surface area contributed by atoms with Crippen LogP contribution in [0.4, 0.5) is 0 Å². The summed E-state index contributed by atoms with van der Waals surface area (Å²) in [5.41, 5.74) is 10.2. The van der Waals surface area contributed by atoms with Gasteiger partial charge in [-0.25, -0.2) is 0 Å². The van der Waals surface area contributed by atoms with Crippen molar-refractivity contribution in [3.05, 3.63) is 112 Å². The Morgan fingerprint density at radius 2 is 1.03 bits per heavy atom. The Balaban J connectivity index is 2.07. The lowest BCUT2D eigenvalue weighted by Crippen LogP contribution is -2.53. The first-order valence-corrected chi connectivity index (χ1v) is 12.7. The van der Waals surface area contributed by atoms with Crippen LogP contribution in [0.2, 0.25) is 5.04 Å². The zero-order chi connectivity index (χ0) is 21.5. The average Bonchev–Trinajstić information content (AvgIpc) is 2.92. The van der Waals surface area contributed by atoms with E-state index in [1.54, 1.807) is 15.9 Å². The first-order chi connectivity index (χ1) is 14.4. The van der Waals surface area contributed by atoms with Crippen molar-refractivity contribution in [2.24, 2.45) is 0 Å². The second kappa shape index (κ2) is 7.89. The first kappa shape index (κ1) is 20.6. The van der Waals surface area contributed by atoms with Crippen molar-refractivity contribution in [3.8, 4) is 0 Å². The third-order valence-electron chi connectivity index (χ3n) is 7.44. The standard InChI is InChI=1S/C29H32Si/c1-20-14-10-12-18-26(20)30(27-19-13-11-15-21(27)2)29(6)24(5)22(3)23(4)28(29)25-16-8-7-9-17-25/h7-19,30H,1-6H3. The lowest BCUT2D eigenvalue weighted by Gasteiger charge is -2.40. The summed E-state index contributed by atoms with van der Waals surface area (Å²) in [4.78, 5) is 0. The van der Waals surface area contributed by atoms with Gasteiger partial charge in [0.05, 0.1) is 0 Å². The van der Waals surface area contributed by atoms with Crippen LogP contribution in [0, 0.1) is 13.8 Å². The van der Waals surface area contributed by atoms with Gasteiger partial charge >= 0.3 is 0 Å². The average molecular weight is 409 g/mol. The molecule has 0 N–H and O–H groups in total. The molecule has 0 aromatic heterocycles. The van der Waals surface area contributed by atoms with E-state index in [0.29, 0.717) is 0 Å². The number of hydrogen-bond donors (Lipinski definition) is 0. The number of aryl methyl sites for hydroxylation is 2. The fourth-order valence-corrected chi connectivity index (χ4v) is 10.1. The second-order valence-electron chi connectivity index (χ2n) is 8.96. The molecule has 0 fully saturated rings. The van der Waals surface area contributed by atoms with Crippen LogP contribution in [-0.4, -0.2) is 8.80 Å². The molecule has 4 rings (SSSR count). The second-order valence-corrected chi connectivity index (χ2v) is 12.2. The summed E-state index contributed by atoms with van der Waals surface area (Å²) in [6.07, 6.45) is 0. The summed E-state index contributed by atoms with van der Waals surface area (Å²) in [7, 11) is -1.67. The molecule has 1 aliphatic carbocycles. The predicted molar refractivity (Wildman–Crippen MR) is 135 cm³/mol. The van der Waals surface area contributed by atoms with Crippen LogP contribution >= 0.6 is 0 Å². The maximum Gasteiger partial charge on any atom is 0.118 e. The van der Waals surface area contributed by atoms with Gasteiger partial charge in [-0.2, -0.15) is 0 Å². The molecule has 0 saturated heterocycles. The monoisotopic (exact) mass is 408 g/mol. The van der Waals surface area contributed by atoms with Gasteiger partial charge in [0, 0.05) is 5.04 Å². The Bertz CT molecular complexity index is 1100. The van der Waals surface area contributed by atoms with Crippen molar-refractivity contribution in [1.29, 1.82) is 0 Å². The van der Waals surface area contributed by atoms with Crippen LogP contribution < -0.4 is 10.4 Å². The molecule has 1 heteroatoms. The van der Waals surface area contributed by atoms with E-state index in [1.165, 1.54) is 33.4 Å². The van der Waals surface area contributed by atoms with Gasteiger partial charge in [0.25, 0.3) is 0 Å². The lowest BCUT2D eigenvalue weighted by atomic mass is 9.90. The summed E-state index contributed by atoms with van der Waals surface area (Å²) in [6.45, 7) is 14.1. The fraction of sp³-hybridized carbons (Fsp3) is 0.241. The Morgan fingerprint density at radius 3 is 1.53 bits per heavy atom. The molecule has 0 nitrogen and oxygen atoms in total. The quantitative estimate of drug-likeness (QED) is 0.449. The Kier molecular flexibility index (Phi) is 5.42. The Morgan fingerprint density at radius 1 is 0.567 bits per heavy atom. The van der Waals surface area contributed by atoms with Crippen molar-refractivity contribution in [3.63, 3.8) is 0 Å². The van der Waals surface area contributed by atoms with Gasteiger partial charge in [-0.15, -0.1) is 0 Å². The van der Waals surface area contributed by atoms with E-state index in [2.05, 4.69) is 120 Å². The topological polar surface area (TPSA) is 0 Å². The van der Waals surface area contributed by atoms with Gasteiger partial charge in [0.15, 0.2) is 0 Å². The van der Waals surface area contributed by atoms with E-state index in [0.717, 1.165) is 0 Å². The summed E-state index contributed by atoms with van der Waals surface area (Å²) in [5.74, 6) is 0. The van der Waals surface area contributed by atoms with Crippen molar-refractivity contribution < 1.29 is 0 Å². The molecule has 0 amide bonds. The highest BCUT2D eigenvalue weighted by atomic mass is 28.3. The van der Waals surface area contributed by atoms with E-state index in [9.17, 15) is 0 Å². The smallest absolute Gasteiger partial charge is 0.0626 e. The molecule has 0 aliphatic heterocycles. The molecule has 3 aromatic carbocycles. The molecule has 0 saturated carbocycles. The maximum absolute atomic E-state index is 2.53. The third kappa shape index (κ3) is 3.13. The number of benzene rings is 3. The highest BCUT2D eigenvalue weighted by Crippen LogP contribution is 2.58. The van der Waals surface area contributed by atoms with Crippen LogP contribution in [0.3, 0.4) is 0 Å². The third-order valence-corrected chi connectivity index (χ3v) is 11.9. The molecule has 0 radical (unpaired) electrons. The van der Waals surface area contributed by atoms with Gasteiger partial charge in [0.2, 0.25) is 0 Å². The van der Waals surface area contributed by atoms with Gasteiger partial charge in [-0.05, 0) is 56.9 Å². The molecular weight excluding hydrogens is 376 g/mol. The summed E-state index contributed by atoms with van der Waals surface area (Å²) in [5, 5.41) is 3.14. The van der Waals surface area contributed by atoms with Crippen molar-refractivity contribution in [1.82, 2.24) is 0 Å². The maximum atomic E-state index is 2.53. The minimum atomic E-state index is -1.67. The van der Waals surface area contributed by atoms with E-state index in [1.807, 2.05) is 0 Å². The summed E-state index contributed by atoms with van der Waals surface area (Å²) >= 11 is 0. The van der Waals surface area contributed by atoms with Crippen LogP contribution in [0.25, 0.3) is 5.57 Å². The molecule has 0 bridgehead atoms. The largest absolute Gasteiger partial charge is 0.118 e. The minimum Gasteiger partial charge on any atom is -0.0626 e. The highest BCUT2D eigenvalue weighted by Gasteiger charge is 2.48. The fourth-order valence-electron chi connectivity index (χ4n) is 5.53. The molecule has 0 heterocycles. The molecule has 1 aliphatic rings. The number of rotatable bonds is 4. The van der Waals surface area contributed by atoms with Crippen molar-refractivity contribution in [2.45, 2.75) is 46.6 Å². The summed E-state index contributed by atoms with van der Waals surface area (Å²) < 4.78 is 0. The first-order valence-electron chi connectivity index (χ1n) is 10.9. The van der Waals surface area contributed by atoms with Gasteiger partial charge in [0.1, 0.15) is 8.80 Å². The van der Waals surface area contributed by atoms with E-state index in [-0.39, 0.29) is 5.04 Å². The minimum absolute atomic E-state index is 0.0216. The van der Waals surface area contributed by atoms with E-state index in [4.69, 9.17) is 0 Å². The van der Waals surface area contributed by atoms with Crippen LogP contribution in [0.15, 0.2) is 95.6 Å². The molecule has 152 valence electrons. The van der Waals surface area contributed by atoms with Gasteiger partial charge < -0.3 is 0 Å². The summed E-state index contributed by atoms with van der Waals surface area (Å²) in [6, 6.07) is 29.2. The SMILES string of the molecule is CC1=C(C)C(C)([SiH](c2ccccc2C)c2ccccc2C)C(c2ccccc2)=C1C. The molecule has 3 aromatic rings. The normalized spacial score (nSPS) is 19.2. The van der Waals surface area contributed by atoms with Gasteiger partial charge in [-0.1, -0.05) is 113 Å². The molecular formula is C29H32Si. The highest BCUT2D eigenvalue weighted by molar-refractivity contribution is 6.90. The van der Waals surface area contributed by atoms with Crippen molar-refractivity contribution in [2.75, 3.05) is 0 Å². The molecule has 30 heavy (non-hydrogen) atoms. The van der Waals surface area contributed by atoms with Gasteiger partial charge in [-0.3, -0.25) is 0 Å². The molecule has 1 unspecified atom stereocenters. The van der Waals surface area contributed by atoms with E-state index >= 15 is 0 Å². The van der Waals surface area contributed by atoms with Crippen molar-refractivity contribution >= 4 is 24.7 Å². The Hall–Kier alpha value is -2.64. The number of hydrogen-bond acceptors (Lipinski definition) is 0. The Labute approximate surface area is 183 Å².